The molecule has 0 unspecified atom stereocenters. The number of rotatable bonds is 3. The lowest BCUT2D eigenvalue weighted by Crippen LogP contribution is -1.92. The molecule has 0 saturated heterocycles. The molecule has 1 rings (SSSR count). The van der Waals surface area contributed by atoms with Gasteiger partial charge in [-0.05, 0) is 50.8 Å². The number of benzene rings is 1. The van der Waals surface area contributed by atoms with Crippen LogP contribution in [0.3, 0.4) is 0 Å². The molecular formula is C17H26. The summed E-state index contributed by atoms with van der Waals surface area (Å²) in [4.78, 5) is 0. The van der Waals surface area contributed by atoms with E-state index in [0.29, 0.717) is 0 Å². The van der Waals surface area contributed by atoms with E-state index in [1.54, 1.807) is 0 Å². The molecular weight excluding hydrogens is 204 g/mol. The lowest BCUT2D eigenvalue weighted by molar-refractivity contribution is 1.19. The Morgan fingerprint density at radius 2 is 1.59 bits per heavy atom. The minimum atomic E-state index is 0.979. The molecule has 0 bridgehead atoms. The van der Waals surface area contributed by atoms with Gasteiger partial charge in [-0.15, -0.1) is 0 Å². The van der Waals surface area contributed by atoms with Crippen molar-refractivity contribution in [2.24, 2.45) is 0 Å². The van der Waals surface area contributed by atoms with Crippen LogP contribution in [0.1, 0.15) is 52.2 Å². The molecule has 0 fully saturated rings. The van der Waals surface area contributed by atoms with Crippen LogP contribution in [0.25, 0.3) is 5.57 Å². The quantitative estimate of drug-likeness (QED) is 0.577. The van der Waals surface area contributed by atoms with E-state index in [1.165, 1.54) is 27.8 Å². The second kappa shape index (κ2) is 7.89. The molecule has 0 aromatic heterocycles. The van der Waals surface area contributed by atoms with Crippen LogP contribution in [0.4, 0.5) is 0 Å². The van der Waals surface area contributed by atoms with Crippen molar-refractivity contribution in [3.05, 3.63) is 53.1 Å². The summed E-state index contributed by atoms with van der Waals surface area (Å²) >= 11 is 0. The summed E-state index contributed by atoms with van der Waals surface area (Å²) in [6.45, 7) is 16.6. The van der Waals surface area contributed by atoms with Crippen LogP contribution in [-0.4, -0.2) is 0 Å². The lowest BCUT2D eigenvalue weighted by Gasteiger charge is -2.13. The molecule has 0 aliphatic carbocycles. The summed E-state index contributed by atoms with van der Waals surface area (Å²) in [7, 11) is 0. The highest BCUT2D eigenvalue weighted by Gasteiger charge is 2.06. The predicted molar refractivity (Wildman–Crippen MR) is 80.2 cm³/mol. The zero-order valence-electron chi connectivity index (χ0n) is 12.2. The summed E-state index contributed by atoms with van der Waals surface area (Å²) in [6.07, 6.45) is 0.979. The third-order valence-electron chi connectivity index (χ3n) is 2.55. The van der Waals surface area contributed by atoms with E-state index < -0.39 is 0 Å². The normalized spacial score (nSPS) is 9.06. The van der Waals surface area contributed by atoms with Crippen molar-refractivity contribution >= 4 is 5.57 Å². The van der Waals surface area contributed by atoms with Crippen molar-refractivity contribution in [2.45, 2.75) is 48.0 Å². The van der Waals surface area contributed by atoms with E-state index in [2.05, 4.69) is 58.5 Å². The van der Waals surface area contributed by atoms with Gasteiger partial charge in [0, 0.05) is 0 Å². The van der Waals surface area contributed by atoms with E-state index in [4.69, 9.17) is 0 Å². The summed E-state index contributed by atoms with van der Waals surface area (Å²) < 4.78 is 0. The molecule has 0 nitrogen and oxygen atoms in total. The van der Waals surface area contributed by atoms with Gasteiger partial charge in [0.2, 0.25) is 0 Å². The Labute approximate surface area is 107 Å². The van der Waals surface area contributed by atoms with Crippen molar-refractivity contribution in [1.29, 1.82) is 0 Å². The molecule has 0 aliphatic rings. The summed E-state index contributed by atoms with van der Waals surface area (Å²) in [5.74, 6) is 0. The minimum absolute atomic E-state index is 0.979. The second-order valence-electron chi connectivity index (χ2n) is 4.43. The molecule has 0 amide bonds. The summed E-state index contributed by atoms with van der Waals surface area (Å²) in [5, 5.41) is 0. The number of hydrogen-bond donors (Lipinski definition) is 0. The van der Waals surface area contributed by atoms with Crippen LogP contribution in [0.5, 0.6) is 0 Å². The Bertz CT molecular complexity index is 390. The van der Waals surface area contributed by atoms with Gasteiger partial charge < -0.3 is 0 Å². The second-order valence-corrected chi connectivity index (χ2v) is 4.43. The number of aryl methyl sites for hydroxylation is 1. The summed E-state index contributed by atoms with van der Waals surface area (Å²) in [5.41, 5.74) is 6.72. The van der Waals surface area contributed by atoms with Gasteiger partial charge in [0.25, 0.3) is 0 Å². The summed E-state index contributed by atoms with van der Waals surface area (Å²) in [6, 6.07) is 8.54. The van der Waals surface area contributed by atoms with Gasteiger partial charge in [-0.1, -0.05) is 55.8 Å². The Hall–Kier alpha value is -1.30. The fourth-order valence-electron chi connectivity index (χ4n) is 1.75. The van der Waals surface area contributed by atoms with E-state index in [9.17, 15) is 0 Å². The zero-order chi connectivity index (χ0) is 13.4. The maximum absolute atomic E-state index is 4.00. The van der Waals surface area contributed by atoms with Crippen molar-refractivity contribution in [2.75, 3.05) is 0 Å². The average molecular weight is 230 g/mol. The van der Waals surface area contributed by atoms with Gasteiger partial charge in [0.1, 0.15) is 0 Å². The van der Waals surface area contributed by atoms with Gasteiger partial charge in [0.05, 0.1) is 0 Å². The van der Waals surface area contributed by atoms with Crippen LogP contribution in [-0.2, 0) is 0 Å². The molecule has 0 heterocycles. The van der Waals surface area contributed by atoms with Crippen LogP contribution in [0.15, 0.2) is 42.0 Å². The van der Waals surface area contributed by atoms with Crippen molar-refractivity contribution < 1.29 is 0 Å². The van der Waals surface area contributed by atoms with Gasteiger partial charge in [-0.3, -0.25) is 0 Å². The van der Waals surface area contributed by atoms with Crippen LogP contribution < -0.4 is 0 Å². The van der Waals surface area contributed by atoms with Gasteiger partial charge in [-0.25, -0.2) is 0 Å². The maximum Gasteiger partial charge on any atom is -0.00672 e. The fraction of sp³-hybridized carbons (Fsp3) is 0.412. The molecule has 0 atom stereocenters. The van der Waals surface area contributed by atoms with Crippen LogP contribution in [0.2, 0.25) is 0 Å². The molecule has 1 aromatic rings. The Kier molecular flexibility index (Phi) is 7.29. The Balaban J connectivity index is 0.00000121. The first kappa shape index (κ1) is 15.7. The highest BCUT2D eigenvalue weighted by molar-refractivity contribution is 5.71. The van der Waals surface area contributed by atoms with Gasteiger partial charge in [0.15, 0.2) is 0 Å². The zero-order valence-corrected chi connectivity index (χ0v) is 12.2. The first-order chi connectivity index (χ1) is 8.02. The Morgan fingerprint density at radius 3 is 2.00 bits per heavy atom. The fourth-order valence-corrected chi connectivity index (χ4v) is 1.75. The third kappa shape index (κ3) is 5.04. The first-order valence-electron chi connectivity index (χ1n) is 6.39. The molecule has 0 N–H and O–H groups in total. The van der Waals surface area contributed by atoms with Crippen molar-refractivity contribution in [1.82, 2.24) is 0 Å². The maximum atomic E-state index is 4.00. The molecule has 1 aromatic carbocycles. The highest BCUT2D eigenvalue weighted by Crippen LogP contribution is 2.27. The average Bonchev–Trinajstić information content (AvgIpc) is 2.29. The molecule has 17 heavy (non-hydrogen) atoms. The van der Waals surface area contributed by atoms with Gasteiger partial charge >= 0.3 is 0 Å². The number of hydrogen-bond acceptors (Lipinski definition) is 0. The molecule has 0 heteroatoms. The van der Waals surface area contributed by atoms with E-state index in [-0.39, 0.29) is 0 Å². The van der Waals surface area contributed by atoms with E-state index >= 15 is 0 Å². The number of allylic oxidation sites excluding steroid dienone is 3. The molecule has 0 aliphatic heterocycles. The predicted octanol–water partition coefficient (Wildman–Crippen LogP) is 5.78. The standard InChI is InChI=1S/C15H20.C2H6/c1-11(2)10-15(12(3)4)14-9-7-6-8-13(14)5;1-2/h6-9H,1,10H2,2-5H3;1-2H3. The molecule has 0 saturated carbocycles. The molecule has 94 valence electrons. The van der Waals surface area contributed by atoms with E-state index in [0.717, 1.165) is 6.42 Å². The third-order valence-corrected chi connectivity index (χ3v) is 2.55. The van der Waals surface area contributed by atoms with E-state index in [1.807, 2.05) is 13.8 Å². The van der Waals surface area contributed by atoms with Gasteiger partial charge in [-0.2, -0.15) is 0 Å². The lowest BCUT2D eigenvalue weighted by atomic mass is 9.92. The van der Waals surface area contributed by atoms with Crippen LogP contribution in [0, 0.1) is 6.92 Å². The largest absolute Gasteiger partial charge is 0.0998 e. The Morgan fingerprint density at radius 1 is 1.06 bits per heavy atom. The first-order valence-corrected chi connectivity index (χ1v) is 6.39. The smallest absolute Gasteiger partial charge is 0.00672 e. The molecule has 0 radical (unpaired) electrons. The van der Waals surface area contributed by atoms with Crippen LogP contribution >= 0.6 is 0 Å². The monoisotopic (exact) mass is 230 g/mol. The molecule has 0 spiro atoms. The minimum Gasteiger partial charge on any atom is -0.0998 e. The van der Waals surface area contributed by atoms with Crippen molar-refractivity contribution in [3.8, 4) is 0 Å². The SMILES string of the molecule is C=C(C)CC(=C(C)C)c1ccccc1C.CC. The van der Waals surface area contributed by atoms with Crippen molar-refractivity contribution in [3.63, 3.8) is 0 Å². The highest BCUT2D eigenvalue weighted by atomic mass is 14.1. The topological polar surface area (TPSA) is 0 Å².